The van der Waals surface area contributed by atoms with E-state index in [9.17, 15) is 8.42 Å². The van der Waals surface area contributed by atoms with Gasteiger partial charge in [0.25, 0.3) is 0 Å². The van der Waals surface area contributed by atoms with Crippen molar-refractivity contribution in [1.29, 1.82) is 0 Å². The van der Waals surface area contributed by atoms with Crippen molar-refractivity contribution >= 4 is 21.4 Å². The van der Waals surface area contributed by atoms with Gasteiger partial charge in [0.1, 0.15) is 0 Å². The third-order valence-electron chi connectivity index (χ3n) is 2.59. The molecule has 1 aromatic carbocycles. The highest BCUT2D eigenvalue weighted by Gasteiger charge is 2.29. The van der Waals surface area contributed by atoms with E-state index in [1.165, 1.54) is 4.31 Å². The Labute approximate surface area is 89.7 Å². The van der Waals surface area contributed by atoms with Crippen molar-refractivity contribution in [3.05, 3.63) is 23.8 Å². The van der Waals surface area contributed by atoms with Crippen LogP contribution < -0.4 is 10.0 Å². The highest BCUT2D eigenvalue weighted by molar-refractivity contribution is 7.93. The third kappa shape index (κ3) is 1.79. The normalized spacial score (nSPS) is 19.4. The van der Waals surface area contributed by atoms with E-state index in [4.69, 9.17) is 5.73 Å². The first kappa shape index (κ1) is 10.3. The number of aryl methyl sites for hydroxylation is 1. The smallest absolute Gasteiger partial charge is 0.235 e. The molecular formula is C10H14N2O2S. The Hall–Kier alpha value is -1.23. The van der Waals surface area contributed by atoms with Gasteiger partial charge in [-0.15, -0.1) is 0 Å². The number of benzene rings is 1. The first-order chi connectivity index (χ1) is 7.00. The Balaban J connectivity index is 2.46. The maximum atomic E-state index is 11.7. The summed E-state index contributed by atoms with van der Waals surface area (Å²) in [5.41, 5.74) is 7.94. The van der Waals surface area contributed by atoms with E-state index in [0.717, 1.165) is 11.3 Å². The van der Waals surface area contributed by atoms with Crippen molar-refractivity contribution in [2.45, 2.75) is 13.3 Å². The maximum Gasteiger partial charge on any atom is 0.235 e. The molecule has 1 aliphatic rings. The molecule has 0 bridgehead atoms. The average molecular weight is 226 g/mol. The standard InChI is InChI=1S/C10H14N2O2S/c1-8-7-9(11)3-4-10(8)12-5-2-6-15(12,13)14/h3-4,7H,2,5-6,11H2,1H3. The van der Waals surface area contributed by atoms with Crippen LogP contribution in [0.1, 0.15) is 12.0 Å². The lowest BCUT2D eigenvalue weighted by Crippen LogP contribution is -2.25. The molecule has 1 aliphatic heterocycles. The third-order valence-corrected chi connectivity index (χ3v) is 4.44. The van der Waals surface area contributed by atoms with Crippen LogP contribution in [0.25, 0.3) is 0 Å². The van der Waals surface area contributed by atoms with E-state index in [1.54, 1.807) is 18.2 Å². The van der Waals surface area contributed by atoms with Gasteiger partial charge in [0.05, 0.1) is 11.4 Å². The largest absolute Gasteiger partial charge is 0.399 e. The fourth-order valence-electron chi connectivity index (χ4n) is 1.87. The highest BCUT2D eigenvalue weighted by Crippen LogP contribution is 2.28. The monoisotopic (exact) mass is 226 g/mol. The molecule has 0 radical (unpaired) electrons. The Morgan fingerprint density at radius 3 is 2.67 bits per heavy atom. The van der Waals surface area contributed by atoms with E-state index < -0.39 is 10.0 Å². The number of nitrogens with two attached hydrogens (primary N) is 1. The molecule has 1 fully saturated rings. The Morgan fingerprint density at radius 2 is 2.13 bits per heavy atom. The van der Waals surface area contributed by atoms with Crippen LogP contribution in [0.15, 0.2) is 18.2 Å². The van der Waals surface area contributed by atoms with Crippen LogP contribution in [0.2, 0.25) is 0 Å². The van der Waals surface area contributed by atoms with Crippen molar-refractivity contribution in [1.82, 2.24) is 0 Å². The van der Waals surface area contributed by atoms with Crippen LogP contribution in [0.5, 0.6) is 0 Å². The Kier molecular flexibility index (Phi) is 2.34. The molecule has 0 aromatic heterocycles. The van der Waals surface area contributed by atoms with E-state index >= 15 is 0 Å². The van der Waals surface area contributed by atoms with Crippen LogP contribution in [0, 0.1) is 6.92 Å². The van der Waals surface area contributed by atoms with Crippen LogP contribution in [0.4, 0.5) is 11.4 Å². The van der Waals surface area contributed by atoms with Crippen molar-refractivity contribution in [3.8, 4) is 0 Å². The minimum Gasteiger partial charge on any atom is -0.399 e. The number of hydrogen-bond acceptors (Lipinski definition) is 3. The fraction of sp³-hybridized carbons (Fsp3) is 0.400. The quantitative estimate of drug-likeness (QED) is 0.730. The van der Waals surface area contributed by atoms with Crippen LogP contribution in [0.3, 0.4) is 0 Å². The van der Waals surface area contributed by atoms with Crippen LogP contribution in [-0.4, -0.2) is 20.7 Å². The van der Waals surface area contributed by atoms with Gasteiger partial charge in [-0.05, 0) is 37.1 Å². The second-order valence-electron chi connectivity index (χ2n) is 3.79. The number of sulfonamides is 1. The number of anilines is 2. The first-order valence-corrected chi connectivity index (χ1v) is 6.48. The summed E-state index contributed by atoms with van der Waals surface area (Å²) in [5.74, 6) is 0.247. The Bertz CT molecular complexity index is 482. The minimum atomic E-state index is -3.08. The lowest BCUT2D eigenvalue weighted by atomic mass is 10.2. The molecule has 2 rings (SSSR count). The molecular weight excluding hydrogens is 212 g/mol. The van der Waals surface area contributed by atoms with Gasteiger partial charge in [-0.1, -0.05) is 0 Å². The van der Waals surface area contributed by atoms with Gasteiger partial charge < -0.3 is 5.73 Å². The van der Waals surface area contributed by atoms with E-state index in [-0.39, 0.29) is 5.75 Å². The maximum absolute atomic E-state index is 11.7. The first-order valence-electron chi connectivity index (χ1n) is 4.87. The van der Waals surface area contributed by atoms with Crippen molar-refractivity contribution in [2.24, 2.45) is 0 Å². The molecule has 2 N–H and O–H groups in total. The minimum absolute atomic E-state index is 0.247. The molecule has 1 aromatic rings. The average Bonchev–Trinajstić information content (AvgIpc) is 2.46. The molecule has 15 heavy (non-hydrogen) atoms. The molecule has 0 aliphatic carbocycles. The summed E-state index contributed by atoms with van der Waals surface area (Å²) in [4.78, 5) is 0. The summed E-state index contributed by atoms with van der Waals surface area (Å²) in [6.45, 7) is 2.45. The van der Waals surface area contributed by atoms with Gasteiger partial charge >= 0.3 is 0 Å². The predicted octanol–water partition coefficient (Wildman–Crippen LogP) is 1.12. The molecule has 0 saturated carbocycles. The Morgan fingerprint density at radius 1 is 1.40 bits per heavy atom. The zero-order valence-corrected chi connectivity index (χ0v) is 9.42. The second kappa shape index (κ2) is 3.41. The number of rotatable bonds is 1. The van der Waals surface area contributed by atoms with E-state index in [0.29, 0.717) is 18.7 Å². The second-order valence-corrected chi connectivity index (χ2v) is 5.80. The highest BCUT2D eigenvalue weighted by atomic mass is 32.2. The summed E-state index contributed by atoms with van der Waals surface area (Å²) < 4.78 is 24.9. The van der Waals surface area contributed by atoms with Crippen LogP contribution >= 0.6 is 0 Å². The van der Waals surface area contributed by atoms with E-state index in [2.05, 4.69) is 0 Å². The van der Waals surface area contributed by atoms with Gasteiger partial charge in [0.15, 0.2) is 0 Å². The van der Waals surface area contributed by atoms with Crippen LogP contribution in [-0.2, 0) is 10.0 Å². The molecule has 0 unspecified atom stereocenters. The lowest BCUT2D eigenvalue weighted by molar-refractivity contribution is 0.599. The molecule has 1 heterocycles. The summed E-state index contributed by atoms with van der Waals surface area (Å²) in [6, 6.07) is 5.30. The number of hydrogen-bond donors (Lipinski definition) is 1. The van der Waals surface area contributed by atoms with Gasteiger partial charge in [-0.3, -0.25) is 4.31 Å². The molecule has 0 spiro atoms. The summed E-state index contributed by atoms with van der Waals surface area (Å²) in [5, 5.41) is 0. The van der Waals surface area contributed by atoms with Gasteiger partial charge in [-0.2, -0.15) is 0 Å². The molecule has 5 heteroatoms. The van der Waals surface area contributed by atoms with Crippen molar-refractivity contribution in [2.75, 3.05) is 22.3 Å². The lowest BCUT2D eigenvalue weighted by Gasteiger charge is -2.19. The summed E-state index contributed by atoms with van der Waals surface area (Å²) >= 11 is 0. The molecule has 82 valence electrons. The van der Waals surface area contributed by atoms with Gasteiger partial charge in [0, 0.05) is 12.2 Å². The van der Waals surface area contributed by atoms with Gasteiger partial charge in [0.2, 0.25) is 10.0 Å². The van der Waals surface area contributed by atoms with Gasteiger partial charge in [-0.25, -0.2) is 8.42 Å². The zero-order valence-electron chi connectivity index (χ0n) is 8.60. The summed E-state index contributed by atoms with van der Waals surface area (Å²) in [6.07, 6.45) is 0.701. The molecule has 4 nitrogen and oxygen atoms in total. The van der Waals surface area contributed by atoms with E-state index in [1.807, 2.05) is 6.92 Å². The molecule has 1 saturated heterocycles. The topological polar surface area (TPSA) is 63.4 Å². The van der Waals surface area contributed by atoms with Crippen molar-refractivity contribution in [3.63, 3.8) is 0 Å². The predicted molar refractivity (Wildman–Crippen MR) is 61.3 cm³/mol. The summed E-state index contributed by atoms with van der Waals surface area (Å²) in [7, 11) is -3.08. The molecule has 0 amide bonds. The van der Waals surface area contributed by atoms with Crippen molar-refractivity contribution < 1.29 is 8.42 Å². The SMILES string of the molecule is Cc1cc(N)ccc1N1CCCS1(=O)=O. The number of nitrogen functional groups attached to an aromatic ring is 1. The molecule has 0 atom stereocenters. The number of nitrogens with zero attached hydrogens (tertiary/aromatic N) is 1. The fourth-order valence-corrected chi connectivity index (χ4v) is 3.49. The zero-order chi connectivity index (χ0) is 11.1.